The van der Waals surface area contributed by atoms with Crippen LogP contribution in [0, 0.1) is 17.0 Å². The number of hydrogen-bond acceptors (Lipinski definition) is 5. The molecule has 1 amide bonds. The molecule has 5 N–H and O–H groups in total. The summed E-state index contributed by atoms with van der Waals surface area (Å²) in [5.41, 5.74) is -2.45. The predicted octanol–water partition coefficient (Wildman–Crippen LogP) is 3.74. The van der Waals surface area contributed by atoms with Crippen LogP contribution in [0.2, 0.25) is 0 Å². The fourth-order valence-electron chi connectivity index (χ4n) is 4.15. The van der Waals surface area contributed by atoms with Crippen molar-refractivity contribution in [2.24, 2.45) is 0 Å². The molecule has 1 saturated heterocycles. The van der Waals surface area contributed by atoms with Crippen molar-refractivity contribution >= 4 is 28.3 Å². The van der Waals surface area contributed by atoms with Gasteiger partial charge in [0.1, 0.15) is 22.6 Å². The molecule has 32 heavy (non-hydrogen) atoms. The minimum absolute atomic E-state index is 0.0182. The van der Waals surface area contributed by atoms with Gasteiger partial charge in [0.15, 0.2) is 0 Å². The molecule has 2 fully saturated rings. The Morgan fingerprint density at radius 1 is 1.31 bits per heavy atom. The first-order valence-corrected chi connectivity index (χ1v) is 10.9. The SMILES string of the molecule is CN1C(=N)NC2(c3cc(NC(=O)c4ccc(F)cn4)ccc3F)CC(F)(F)CC2S1(O)O. The first kappa shape index (κ1) is 22.3. The van der Waals surface area contributed by atoms with Gasteiger partial charge in [0.25, 0.3) is 11.8 Å². The zero-order valence-electron chi connectivity index (χ0n) is 16.6. The van der Waals surface area contributed by atoms with Gasteiger partial charge in [-0.3, -0.25) is 19.3 Å². The van der Waals surface area contributed by atoms with E-state index in [1.165, 1.54) is 13.1 Å². The third-order valence-corrected chi connectivity index (χ3v) is 8.00. The predicted molar refractivity (Wildman–Crippen MR) is 110 cm³/mol. The molecular weight excluding hydrogens is 454 g/mol. The lowest BCUT2D eigenvalue weighted by atomic mass is 9.86. The van der Waals surface area contributed by atoms with Crippen LogP contribution in [0.25, 0.3) is 0 Å². The highest BCUT2D eigenvalue weighted by molar-refractivity contribution is 8.23. The number of carbonyl (C=O) groups is 1. The lowest BCUT2D eigenvalue weighted by Crippen LogP contribution is -2.63. The Balaban J connectivity index is 1.75. The number of amides is 1. The van der Waals surface area contributed by atoms with Crippen LogP contribution >= 0.6 is 10.8 Å². The summed E-state index contributed by atoms with van der Waals surface area (Å²) < 4.78 is 79.0. The third kappa shape index (κ3) is 3.55. The maximum absolute atomic E-state index is 14.9. The first-order valence-electron chi connectivity index (χ1n) is 9.34. The van der Waals surface area contributed by atoms with Crippen molar-refractivity contribution in [3.8, 4) is 0 Å². The van der Waals surface area contributed by atoms with E-state index in [0.29, 0.717) is 0 Å². The molecule has 0 spiro atoms. The van der Waals surface area contributed by atoms with Crippen molar-refractivity contribution < 1.29 is 31.5 Å². The summed E-state index contributed by atoms with van der Waals surface area (Å²) in [6.45, 7) is 0. The van der Waals surface area contributed by atoms with Gasteiger partial charge in [-0.25, -0.2) is 26.9 Å². The number of alkyl halides is 2. The van der Waals surface area contributed by atoms with E-state index in [2.05, 4.69) is 15.6 Å². The number of anilines is 1. The average molecular weight is 473 g/mol. The minimum atomic E-state index is -3.90. The molecule has 2 unspecified atom stereocenters. The standard InChI is InChI=1S/C19H19F4N5O3S/c1-28-17(24)27-19(9-18(22,23)7-15(19)32(28,30)31)12-6-11(3-4-13(12)21)26-16(29)14-5-2-10(20)8-25-14/h2-6,8,15,30-31H,7,9H2,1H3,(H2,24,27)(H,26,29). The first-order chi connectivity index (χ1) is 14.9. The summed E-state index contributed by atoms with van der Waals surface area (Å²) >= 11 is 0. The van der Waals surface area contributed by atoms with Crippen LogP contribution in [0.5, 0.6) is 0 Å². The van der Waals surface area contributed by atoms with E-state index in [1.54, 1.807) is 0 Å². The van der Waals surface area contributed by atoms with Gasteiger partial charge in [-0.15, -0.1) is 10.8 Å². The molecule has 1 aromatic heterocycles. The molecule has 1 aliphatic heterocycles. The van der Waals surface area contributed by atoms with E-state index in [4.69, 9.17) is 5.41 Å². The number of halogens is 4. The summed E-state index contributed by atoms with van der Waals surface area (Å²) in [4.78, 5) is 16.0. The van der Waals surface area contributed by atoms with E-state index < -0.39 is 63.8 Å². The van der Waals surface area contributed by atoms with Crippen LogP contribution in [-0.2, 0) is 5.54 Å². The van der Waals surface area contributed by atoms with Crippen molar-refractivity contribution in [2.75, 3.05) is 12.4 Å². The van der Waals surface area contributed by atoms with Crippen molar-refractivity contribution in [1.29, 1.82) is 5.41 Å². The second-order valence-electron chi connectivity index (χ2n) is 7.74. The Morgan fingerprint density at radius 3 is 2.69 bits per heavy atom. The topological polar surface area (TPSA) is 122 Å². The third-order valence-electron chi connectivity index (χ3n) is 5.68. The maximum atomic E-state index is 14.9. The van der Waals surface area contributed by atoms with Gasteiger partial charge in [-0.2, -0.15) is 0 Å². The molecule has 4 rings (SSSR count). The van der Waals surface area contributed by atoms with Crippen LogP contribution in [0.1, 0.15) is 28.9 Å². The number of pyridine rings is 1. The fraction of sp³-hybridized carbons (Fsp3) is 0.316. The van der Waals surface area contributed by atoms with Crippen molar-refractivity contribution in [3.05, 3.63) is 59.4 Å². The molecular formula is C19H19F4N5O3S. The van der Waals surface area contributed by atoms with E-state index >= 15 is 0 Å². The number of benzene rings is 1. The Kier molecular flexibility index (Phi) is 5.10. The summed E-state index contributed by atoms with van der Waals surface area (Å²) in [5.74, 6) is -6.24. The monoisotopic (exact) mass is 473 g/mol. The normalized spacial score (nSPS) is 26.8. The van der Waals surface area contributed by atoms with E-state index in [-0.39, 0.29) is 16.9 Å². The van der Waals surface area contributed by atoms with Crippen molar-refractivity contribution in [1.82, 2.24) is 14.6 Å². The Labute approximate surface area is 181 Å². The number of carbonyl (C=O) groups excluding carboxylic acids is 1. The molecule has 1 aliphatic carbocycles. The molecule has 13 heteroatoms. The summed E-state index contributed by atoms with van der Waals surface area (Å²) in [6, 6.07) is 5.40. The summed E-state index contributed by atoms with van der Waals surface area (Å²) in [5, 5.41) is 11.5. The number of hydrogen-bond donors (Lipinski definition) is 5. The van der Waals surface area contributed by atoms with Crippen LogP contribution in [0.3, 0.4) is 0 Å². The second kappa shape index (κ2) is 7.32. The van der Waals surface area contributed by atoms with Gasteiger partial charge < -0.3 is 10.6 Å². The van der Waals surface area contributed by atoms with Crippen LogP contribution in [0.4, 0.5) is 23.2 Å². The summed E-state index contributed by atoms with van der Waals surface area (Å²) in [7, 11) is -2.72. The summed E-state index contributed by atoms with van der Waals surface area (Å²) in [6.07, 6.45) is -1.08. The average Bonchev–Trinajstić information content (AvgIpc) is 3.00. The maximum Gasteiger partial charge on any atom is 0.274 e. The molecule has 2 atom stereocenters. The highest BCUT2D eigenvalue weighted by Gasteiger charge is 2.66. The minimum Gasteiger partial charge on any atom is -0.343 e. The lowest BCUT2D eigenvalue weighted by Gasteiger charge is -2.56. The van der Waals surface area contributed by atoms with Gasteiger partial charge in [-0.05, 0) is 30.3 Å². The van der Waals surface area contributed by atoms with E-state index in [1.807, 2.05) is 0 Å². The molecule has 2 aromatic rings. The van der Waals surface area contributed by atoms with E-state index in [0.717, 1.165) is 34.8 Å². The number of nitrogens with zero attached hydrogens (tertiary/aromatic N) is 2. The quantitative estimate of drug-likeness (QED) is 0.433. The number of fused-ring (bicyclic) bond motifs is 1. The second-order valence-corrected chi connectivity index (χ2v) is 9.98. The van der Waals surface area contributed by atoms with Crippen LogP contribution in [-0.4, -0.2) is 48.5 Å². The van der Waals surface area contributed by atoms with Crippen LogP contribution in [0.15, 0.2) is 36.5 Å². The molecule has 172 valence electrons. The molecule has 2 aliphatic rings. The zero-order chi connectivity index (χ0) is 23.5. The number of aromatic nitrogens is 1. The van der Waals surface area contributed by atoms with Crippen molar-refractivity contribution in [3.63, 3.8) is 0 Å². The number of guanidine groups is 1. The van der Waals surface area contributed by atoms with E-state index in [9.17, 15) is 31.5 Å². The van der Waals surface area contributed by atoms with Gasteiger partial charge in [-0.1, -0.05) is 0 Å². The molecule has 1 saturated carbocycles. The Bertz CT molecular complexity index is 1100. The number of nitrogens with one attached hydrogen (secondary N) is 3. The molecule has 8 nitrogen and oxygen atoms in total. The molecule has 1 aromatic carbocycles. The Morgan fingerprint density at radius 2 is 2.03 bits per heavy atom. The van der Waals surface area contributed by atoms with Crippen molar-refractivity contribution in [2.45, 2.75) is 29.6 Å². The van der Waals surface area contributed by atoms with Gasteiger partial charge in [0.05, 0.1) is 11.7 Å². The van der Waals surface area contributed by atoms with Crippen LogP contribution < -0.4 is 10.6 Å². The zero-order valence-corrected chi connectivity index (χ0v) is 17.4. The van der Waals surface area contributed by atoms with Gasteiger partial charge in [0, 0.05) is 31.1 Å². The Hall–Kier alpha value is -2.90. The highest BCUT2D eigenvalue weighted by atomic mass is 32.3. The fourth-order valence-corrected chi connectivity index (χ4v) is 6.12. The largest absolute Gasteiger partial charge is 0.343 e. The molecule has 0 bridgehead atoms. The molecule has 0 radical (unpaired) electrons. The molecule has 2 heterocycles. The van der Waals surface area contributed by atoms with Gasteiger partial charge >= 0.3 is 0 Å². The lowest BCUT2D eigenvalue weighted by molar-refractivity contribution is 0.00155. The van der Waals surface area contributed by atoms with Gasteiger partial charge in [0.2, 0.25) is 5.96 Å². The number of rotatable bonds is 3. The smallest absolute Gasteiger partial charge is 0.274 e. The highest BCUT2D eigenvalue weighted by Crippen LogP contribution is 2.65.